The van der Waals surface area contributed by atoms with Crippen LogP contribution in [0.4, 0.5) is 5.82 Å². The Kier molecular flexibility index (Phi) is 6.22. The van der Waals surface area contributed by atoms with E-state index in [1.54, 1.807) is 16.9 Å². The molecule has 0 amide bonds. The number of hydrogen-bond acceptors (Lipinski definition) is 7. The average molecular weight is 392 g/mol. The van der Waals surface area contributed by atoms with Gasteiger partial charge in [0.2, 0.25) is 0 Å². The standard InChI is InChI=1S/C17H29BN4O4Si/c1-13-11-25-6-5-21(13)16-9-14(18(23)24)17-15(20-16)10-19-22(17)12-26-7-8-27(2,3)4/h9-10,13,23-24H,5-8,11-12H2,1-4H3/t13-/m1/s1. The first-order valence-electron chi connectivity index (χ1n) is 9.41. The van der Waals surface area contributed by atoms with E-state index in [0.717, 1.165) is 6.04 Å². The van der Waals surface area contributed by atoms with Crippen molar-refractivity contribution in [3.05, 3.63) is 12.3 Å². The highest BCUT2D eigenvalue weighted by atomic mass is 28.3. The zero-order valence-corrected chi connectivity index (χ0v) is 17.6. The number of nitrogens with zero attached hydrogens (tertiary/aromatic N) is 4. The topological polar surface area (TPSA) is 92.9 Å². The molecule has 0 radical (unpaired) electrons. The first-order chi connectivity index (χ1) is 12.8. The van der Waals surface area contributed by atoms with E-state index in [9.17, 15) is 10.0 Å². The molecule has 2 aromatic rings. The molecule has 0 aromatic carbocycles. The maximum Gasteiger partial charge on any atom is 0.490 e. The number of rotatable bonds is 7. The lowest BCUT2D eigenvalue weighted by atomic mass is 9.79. The lowest BCUT2D eigenvalue weighted by molar-refractivity contribution is 0.0817. The number of pyridine rings is 1. The normalized spacial score (nSPS) is 18.3. The molecular formula is C17H29BN4O4Si. The van der Waals surface area contributed by atoms with Gasteiger partial charge < -0.3 is 24.4 Å². The highest BCUT2D eigenvalue weighted by molar-refractivity contribution is 6.76. The van der Waals surface area contributed by atoms with Gasteiger partial charge in [0.05, 0.1) is 31.0 Å². The molecule has 1 atom stereocenters. The molecule has 8 nitrogen and oxygen atoms in total. The zero-order valence-electron chi connectivity index (χ0n) is 16.6. The Labute approximate surface area is 161 Å². The molecule has 3 rings (SSSR count). The van der Waals surface area contributed by atoms with E-state index in [1.807, 2.05) is 0 Å². The third-order valence-electron chi connectivity index (χ3n) is 4.76. The van der Waals surface area contributed by atoms with Crippen molar-refractivity contribution < 1.29 is 19.5 Å². The third-order valence-corrected chi connectivity index (χ3v) is 6.47. The summed E-state index contributed by atoms with van der Waals surface area (Å²) in [4.78, 5) is 6.82. The van der Waals surface area contributed by atoms with E-state index >= 15 is 0 Å². The van der Waals surface area contributed by atoms with E-state index in [0.29, 0.717) is 48.7 Å². The van der Waals surface area contributed by atoms with Crippen molar-refractivity contribution >= 4 is 37.5 Å². The average Bonchev–Trinajstić information content (AvgIpc) is 3.00. The van der Waals surface area contributed by atoms with Gasteiger partial charge in [0.25, 0.3) is 0 Å². The van der Waals surface area contributed by atoms with Crippen molar-refractivity contribution in [3.8, 4) is 0 Å². The minimum absolute atomic E-state index is 0.173. The van der Waals surface area contributed by atoms with Gasteiger partial charge in [-0.05, 0) is 19.0 Å². The number of anilines is 1. The van der Waals surface area contributed by atoms with E-state index in [1.165, 1.54) is 0 Å². The van der Waals surface area contributed by atoms with Crippen LogP contribution in [0.25, 0.3) is 11.0 Å². The summed E-state index contributed by atoms with van der Waals surface area (Å²) < 4.78 is 12.9. The second kappa shape index (κ2) is 8.28. The second-order valence-corrected chi connectivity index (χ2v) is 13.9. The van der Waals surface area contributed by atoms with Crippen LogP contribution in [0.3, 0.4) is 0 Å². The fourth-order valence-corrected chi connectivity index (χ4v) is 3.91. The van der Waals surface area contributed by atoms with Crippen LogP contribution in [0.1, 0.15) is 6.92 Å². The molecule has 1 saturated heterocycles. The zero-order chi connectivity index (χ0) is 19.6. The summed E-state index contributed by atoms with van der Waals surface area (Å²) in [6.07, 6.45) is 1.65. The van der Waals surface area contributed by atoms with Crippen LogP contribution >= 0.6 is 0 Å². The molecule has 0 saturated carbocycles. The summed E-state index contributed by atoms with van der Waals surface area (Å²) >= 11 is 0. The van der Waals surface area contributed by atoms with E-state index in [-0.39, 0.29) is 12.8 Å². The molecule has 1 aliphatic heterocycles. The predicted octanol–water partition coefficient (Wildman–Crippen LogP) is 0.648. The van der Waals surface area contributed by atoms with Crippen molar-refractivity contribution in [1.82, 2.24) is 14.8 Å². The molecule has 3 heterocycles. The Morgan fingerprint density at radius 3 is 2.81 bits per heavy atom. The van der Waals surface area contributed by atoms with E-state index in [4.69, 9.17) is 14.5 Å². The van der Waals surface area contributed by atoms with Gasteiger partial charge in [-0.15, -0.1) is 0 Å². The summed E-state index contributed by atoms with van der Waals surface area (Å²) in [7, 11) is -2.77. The number of aromatic nitrogens is 3. The lowest BCUT2D eigenvalue weighted by Crippen LogP contribution is -2.45. The molecule has 1 aliphatic rings. The van der Waals surface area contributed by atoms with Gasteiger partial charge in [-0.3, -0.25) is 0 Å². The van der Waals surface area contributed by atoms with Crippen LogP contribution in [-0.4, -0.2) is 72.4 Å². The van der Waals surface area contributed by atoms with Crippen molar-refractivity contribution in [1.29, 1.82) is 0 Å². The van der Waals surface area contributed by atoms with Gasteiger partial charge >= 0.3 is 7.12 Å². The maximum atomic E-state index is 9.94. The SMILES string of the molecule is C[C@@H]1COCCN1c1cc(B(O)O)c2c(cnn2COCC[Si](C)(C)C)n1. The molecule has 2 aromatic heterocycles. The summed E-state index contributed by atoms with van der Waals surface area (Å²) in [5, 5.41) is 24.2. The largest absolute Gasteiger partial charge is 0.490 e. The van der Waals surface area contributed by atoms with Crippen LogP contribution in [0.5, 0.6) is 0 Å². The Bertz CT molecular complexity index is 780. The summed E-state index contributed by atoms with van der Waals surface area (Å²) in [6.45, 7) is 11.9. The smallest absolute Gasteiger partial charge is 0.423 e. The molecular weight excluding hydrogens is 363 g/mol. The highest BCUT2D eigenvalue weighted by Gasteiger charge is 2.26. The van der Waals surface area contributed by atoms with Gasteiger partial charge in [-0.2, -0.15) is 5.10 Å². The molecule has 10 heteroatoms. The summed E-state index contributed by atoms with van der Waals surface area (Å²) in [5.74, 6) is 0.709. The van der Waals surface area contributed by atoms with Crippen LogP contribution in [-0.2, 0) is 16.2 Å². The van der Waals surface area contributed by atoms with Crippen LogP contribution in [0.2, 0.25) is 25.7 Å². The van der Waals surface area contributed by atoms with Crippen LogP contribution < -0.4 is 10.4 Å². The number of hydrogen-bond donors (Lipinski definition) is 2. The predicted molar refractivity (Wildman–Crippen MR) is 109 cm³/mol. The molecule has 1 fully saturated rings. The fraction of sp³-hybridized carbons (Fsp3) is 0.647. The number of ether oxygens (including phenoxy) is 2. The van der Waals surface area contributed by atoms with Gasteiger partial charge in [0, 0.05) is 26.7 Å². The Balaban J connectivity index is 1.85. The van der Waals surface area contributed by atoms with E-state index in [2.05, 4.69) is 36.6 Å². The number of morpholine rings is 1. The van der Waals surface area contributed by atoms with Crippen molar-refractivity contribution in [2.24, 2.45) is 0 Å². The quantitative estimate of drug-likeness (QED) is 0.528. The minimum atomic E-state index is -1.61. The third kappa shape index (κ3) is 4.88. The summed E-state index contributed by atoms with van der Waals surface area (Å²) in [5.41, 5.74) is 1.62. The van der Waals surface area contributed by atoms with Gasteiger partial charge in [0.1, 0.15) is 18.1 Å². The fourth-order valence-electron chi connectivity index (χ4n) is 3.16. The van der Waals surface area contributed by atoms with Crippen molar-refractivity contribution in [2.75, 3.05) is 31.3 Å². The highest BCUT2D eigenvalue weighted by Crippen LogP contribution is 2.21. The molecule has 27 heavy (non-hydrogen) atoms. The first-order valence-corrected chi connectivity index (χ1v) is 13.1. The van der Waals surface area contributed by atoms with E-state index < -0.39 is 15.2 Å². The van der Waals surface area contributed by atoms with Gasteiger partial charge in [0.15, 0.2) is 0 Å². The lowest BCUT2D eigenvalue weighted by Gasteiger charge is -2.34. The van der Waals surface area contributed by atoms with Crippen LogP contribution in [0.15, 0.2) is 12.3 Å². The van der Waals surface area contributed by atoms with Crippen LogP contribution in [0, 0.1) is 0 Å². The van der Waals surface area contributed by atoms with Crippen molar-refractivity contribution in [2.45, 2.75) is 45.4 Å². The molecule has 0 bridgehead atoms. The molecule has 148 valence electrons. The minimum Gasteiger partial charge on any atom is -0.423 e. The maximum absolute atomic E-state index is 9.94. The summed E-state index contributed by atoms with van der Waals surface area (Å²) in [6, 6.07) is 2.97. The Morgan fingerprint density at radius 2 is 2.15 bits per heavy atom. The van der Waals surface area contributed by atoms with Gasteiger partial charge in [-0.25, -0.2) is 9.67 Å². The monoisotopic (exact) mass is 392 g/mol. The molecule has 2 N–H and O–H groups in total. The number of fused-ring (bicyclic) bond motifs is 1. The first kappa shape index (κ1) is 20.3. The molecule has 0 aliphatic carbocycles. The molecule has 0 unspecified atom stereocenters. The molecule has 0 spiro atoms. The second-order valence-electron chi connectivity index (χ2n) is 8.29. The Morgan fingerprint density at radius 1 is 1.37 bits per heavy atom. The van der Waals surface area contributed by atoms with Gasteiger partial charge in [-0.1, -0.05) is 19.6 Å². The Hall–Kier alpha value is -1.46. The van der Waals surface area contributed by atoms with Crippen molar-refractivity contribution in [3.63, 3.8) is 0 Å².